The molecular weight excluding hydrogens is 201 g/mol. The molecule has 0 aliphatic rings. The second-order valence-corrected chi connectivity index (χ2v) is 4.34. The van der Waals surface area contributed by atoms with Gasteiger partial charge in [-0.15, -0.1) is 0 Å². The van der Waals surface area contributed by atoms with E-state index in [2.05, 4.69) is 13.8 Å². The first-order chi connectivity index (χ1) is 6.50. The fourth-order valence-electron chi connectivity index (χ4n) is 1.43. The predicted molar refractivity (Wildman–Crippen MR) is 57.8 cm³/mol. The van der Waals surface area contributed by atoms with Crippen LogP contribution < -0.4 is 5.73 Å². The number of hydrogen-bond acceptors (Lipinski definition) is 1. The summed E-state index contributed by atoms with van der Waals surface area (Å²) in [5.74, 6) is 0.172. The highest BCUT2D eigenvalue weighted by atomic mass is 35.5. The van der Waals surface area contributed by atoms with Crippen LogP contribution in [0, 0.1) is 11.7 Å². The SMILES string of the molecule is CC(C)CC(N)c1cc(Cl)ccc1F. The highest BCUT2D eigenvalue weighted by Gasteiger charge is 2.13. The zero-order valence-electron chi connectivity index (χ0n) is 8.43. The van der Waals surface area contributed by atoms with Gasteiger partial charge in [-0.05, 0) is 30.5 Å². The summed E-state index contributed by atoms with van der Waals surface area (Å²) in [7, 11) is 0. The van der Waals surface area contributed by atoms with E-state index in [1.54, 1.807) is 6.07 Å². The van der Waals surface area contributed by atoms with E-state index in [0.29, 0.717) is 16.5 Å². The van der Waals surface area contributed by atoms with E-state index in [0.717, 1.165) is 6.42 Å². The van der Waals surface area contributed by atoms with Crippen LogP contribution in [0.5, 0.6) is 0 Å². The zero-order chi connectivity index (χ0) is 10.7. The van der Waals surface area contributed by atoms with Gasteiger partial charge in [0.15, 0.2) is 0 Å². The van der Waals surface area contributed by atoms with Gasteiger partial charge in [-0.1, -0.05) is 25.4 Å². The lowest BCUT2D eigenvalue weighted by Crippen LogP contribution is -2.14. The van der Waals surface area contributed by atoms with Crippen molar-refractivity contribution in [3.8, 4) is 0 Å². The molecule has 0 amide bonds. The molecule has 14 heavy (non-hydrogen) atoms. The van der Waals surface area contributed by atoms with Crippen LogP contribution in [-0.2, 0) is 0 Å². The molecule has 0 radical (unpaired) electrons. The van der Waals surface area contributed by atoms with Gasteiger partial charge in [0.2, 0.25) is 0 Å². The third kappa shape index (κ3) is 2.96. The first-order valence-corrected chi connectivity index (χ1v) is 5.09. The summed E-state index contributed by atoms with van der Waals surface area (Å²) in [6.07, 6.45) is 0.761. The van der Waals surface area contributed by atoms with Crippen molar-refractivity contribution in [3.05, 3.63) is 34.6 Å². The van der Waals surface area contributed by atoms with Crippen LogP contribution in [0.3, 0.4) is 0 Å². The average molecular weight is 216 g/mol. The van der Waals surface area contributed by atoms with E-state index in [9.17, 15) is 4.39 Å². The molecule has 0 spiro atoms. The molecule has 1 unspecified atom stereocenters. The third-order valence-electron chi connectivity index (χ3n) is 2.08. The average Bonchev–Trinajstić information content (AvgIpc) is 2.08. The Hall–Kier alpha value is -0.600. The highest BCUT2D eigenvalue weighted by molar-refractivity contribution is 6.30. The van der Waals surface area contributed by atoms with Gasteiger partial charge in [-0.2, -0.15) is 0 Å². The smallest absolute Gasteiger partial charge is 0.128 e. The Morgan fingerprint density at radius 1 is 1.43 bits per heavy atom. The molecule has 1 aromatic rings. The normalized spacial score (nSPS) is 13.3. The maximum atomic E-state index is 13.3. The number of hydrogen-bond donors (Lipinski definition) is 1. The van der Waals surface area contributed by atoms with E-state index in [-0.39, 0.29) is 11.9 Å². The standard InChI is InChI=1S/C11H15ClFN/c1-7(2)5-11(14)9-6-8(12)3-4-10(9)13/h3-4,6-7,11H,5,14H2,1-2H3. The minimum absolute atomic E-state index is 0.270. The van der Waals surface area contributed by atoms with Gasteiger partial charge < -0.3 is 5.73 Å². The van der Waals surface area contributed by atoms with E-state index in [4.69, 9.17) is 17.3 Å². The Morgan fingerprint density at radius 3 is 2.64 bits per heavy atom. The minimum Gasteiger partial charge on any atom is -0.324 e. The van der Waals surface area contributed by atoms with Gasteiger partial charge in [0, 0.05) is 16.6 Å². The summed E-state index contributed by atoms with van der Waals surface area (Å²) in [4.78, 5) is 0. The van der Waals surface area contributed by atoms with E-state index >= 15 is 0 Å². The van der Waals surface area contributed by atoms with Gasteiger partial charge in [0.25, 0.3) is 0 Å². The Balaban J connectivity index is 2.88. The van der Waals surface area contributed by atoms with Crippen molar-refractivity contribution >= 4 is 11.6 Å². The van der Waals surface area contributed by atoms with Crippen molar-refractivity contribution in [2.75, 3.05) is 0 Å². The maximum absolute atomic E-state index is 13.3. The summed E-state index contributed by atoms with van der Waals surface area (Å²) < 4.78 is 13.3. The van der Waals surface area contributed by atoms with Crippen molar-refractivity contribution in [3.63, 3.8) is 0 Å². The summed E-state index contributed by atoms with van der Waals surface area (Å²) in [5.41, 5.74) is 6.37. The largest absolute Gasteiger partial charge is 0.324 e. The van der Waals surface area contributed by atoms with Crippen LogP contribution in [0.2, 0.25) is 5.02 Å². The fraction of sp³-hybridized carbons (Fsp3) is 0.455. The molecule has 1 nitrogen and oxygen atoms in total. The molecule has 2 N–H and O–H groups in total. The van der Waals surface area contributed by atoms with Crippen molar-refractivity contribution in [2.45, 2.75) is 26.3 Å². The molecule has 0 aromatic heterocycles. The molecule has 3 heteroatoms. The van der Waals surface area contributed by atoms with Crippen molar-refractivity contribution in [1.82, 2.24) is 0 Å². The van der Waals surface area contributed by atoms with E-state index < -0.39 is 0 Å². The van der Waals surface area contributed by atoms with Crippen LogP contribution in [0.4, 0.5) is 4.39 Å². The van der Waals surface area contributed by atoms with Crippen LogP contribution in [0.15, 0.2) is 18.2 Å². The second kappa shape index (κ2) is 4.76. The Morgan fingerprint density at radius 2 is 2.07 bits per heavy atom. The first kappa shape index (κ1) is 11.5. The lowest BCUT2D eigenvalue weighted by Gasteiger charge is -2.15. The monoisotopic (exact) mass is 215 g/mol. The minimum atomic E-state index is -0.275. The zero-order valence-corrected chi connectivity index (χ0v) is 9.18. The van der Waals surface area contributed by atoms with Crippen molar-refractivity contribution < 1.29 is 4.39 Å². The Bertz CT molecular complexity index is 312. The topological polar surface area (TPSA) is 26.0 Å². The molecule has 0 fully saturated rings. The van der Waals surface area contributed by atoms with Gasteiger partial charge in [0.05, 0.1) is 0 Å². The lowest BCUT2D eigenvalue weighted by molar-refractivity contribution is 0.489. The third-order valence-corrected chi connectivity index (χ3v) is 2.32. The summed E-state index contributed by atoms with van der Waals surface area (Å²) >= 11 is 5.78. The first-order valence-electron chi connectivity index (χ1n) is 4.71. The Kier molecular flexibility index (Phi) is 3.90. The molecule has 0 aliphatic carbocycles. The molecular formula is C11H15ClFN. The van der Waals surface area contributed by atoms with Crippen LogP contribution in [-0.4, -0.2) is 0 Å². The van der Waals surface area contributed by atoms with Gasteiger partial charge in [-0.3, -0.25) is 0 Å². The fourth-order valence-corrected chi connectivity index (χ4v) is 1.61. The molecule has 78 valence electrons. The van der Waals surface area contributed by atoms with Crippen LogP contribution in [0.25, 0.3) is 0 Å². The van der Waals surface area contributed by atoms with Crippen LogP contribution in [0.1, 0.15) is 31.9 Å². The molecule has 0 saturated heterocycles. The van der Waals surface area contributed by atoms with E-state index in [1.165, 1.54) is 12.1 Å². The number of rotatable bonds is 3. The summed E-state index contributed by atoms with van der Waals surface area (Å²) in [6, 6.07) is 4.22. The quantitative estimate of drug-likeness (QED) is 0.820. The van der Waals surface area contributed by atoms with Crippen LogP contribution >= 0.6 is 11.6 Å². The van der Waals surface area contributed by atoms with Gasteiger partial charge >= 0.3 is 0 Å². The van der Waals surface area contributed by atoms with E-state index in [1.807, 2.05) is 0 Å². The Labute approximate surface area is 89.1 Å². The molecule has 0 aliphatic heterocycles. The summed E-state index contributed by atoms with van der Waals surface area (Å²) in [6.45, 7) is 4.12. The molecule has 1 aromatic carbocycles. The molecule has 0 bridgehead atoms. The van der Waals surface area contributed by atoms with Gasteiger partial charge in [0.1, 0.15) is 5.82 Å². The number of halogens is 2. The number of benzene rings is 1. The van der Waals surface area contributed by atoms with Gasteiger partial charge in [-0.25, -0.2) is 4.39 Å². The lowest BCUT2D eigenvalue weighted by atomic mass is 9.97. The maximum Gasteiger partial charge on any atom is 0.128 e. The molecule has 1 atom stereocenters. The molecule has 0 heterocycles. The summed E-state index contributed by atoms with van der Waals surface area (Å²) in [5, 5.41) is 0.528. The second-order valence-electron chi connectivity index (χ2n) is 3.90. The predicted octanol–water partition coefficient (Wildman–Crippen LogP) is 3.53. The van der Waals surface area contributed by atoms with Crippen molar-refractivity contribution in [1.29, 1.82) is 0 Å². The van der Waals surface area contributed by atoms with Crippen molar-refractivity contribution in [2.24, 2.45) is 11.7 Å². The molecule has 0 saturated carbocycles. The highest BCUT2D eigenvalue weighted by Crippen LogP contribution is 2.24. The number of nitrogens with two attached hydrogens (primary N) is 1. The molecule has 1 rings (SSSR count).